The van der Waals surface area contributed by atoms with Crippen molar-refractivity contribution in [3.05, 3.63) is 28.7 Å². The molecule has 0 aliphatic carbocycles. The molecule has 204 valence electrons. The summed E-state index contributed by atoms with van der Waals surface area (Å²) in [7, 11) is -4.32. The van der Waals surface area contributed by atoms with E-state index < -0.39 is 34.0 Å². The van der Waals surface area contributed by atoms with Gasteiger partial charge in [-0.3, -0.25) is 9.79 Å². The summed E-state index contributed by atoms with van der Waals surface area (Å²) in [6.07, 6.45) is 1.75. The molecule has 6 N–H and O–H groups in total. The maximum absolute atomic E-state index is 13.6. The number of guanidine groups is 1. The summed E-state index contributed by atoms with van der Waals surface area (Å²) >= 11 is 0. The number of aliphatic carboxylic acids is 1. The Balaban J connectivity index is 1.94. The van der Waals surface area contributed by atoms with Crippen molar-refractivity contribution in [2.45, 2.75) is 62.9 Å². The quantitative estimate of drug-likeness (QED) is 0.144. The minimum absolute atomic E-state index is 0.0366. The number of carbonyl (C=O) groups excluding carboxylic acids is 1. The van der Waals surface area contributed by atoms with Gasteiger partial charge in [0, 0.05) is 19.6 Å². The van der Waals surface area contributed by atoms with E-state index in [0.717, 1.165) is 5.01 Å². The molecule has 1 unspecified atom stereocenters. The van der Waals surface area contributed by atoms with E-state index in [-0.39, 0.29) is 67.3 Å². The average Bonchev–Trinajstić information content (AvgIpc) is 2.84. The third-order valence-corrected chi connectivity index (χ3v) is 8.26. The number of carboxylic acid groups (broad SMARTS) is 1. The van der Waals surface area contributed by atoms with Crippen LogP contribution in [0.3, 0.4) is 0 Å². The number of likely N-dealkylation sites (tertiary alicyclic amines) is 1. The predicted molar refractivity (Wildman–Crippen MR) is 138 cm³/mol. The number of rotatable bonds is 10. The Morgan fingerprint density at radius 3 is 2.62 bits per heavy atom. The number of nitrogens with zero attached hydrogens (tertiary/aromatic N) is 4. The zero-order valence-electron chi connectivity index (χ0n) is 21.0. The van der Waals surface area contributed by atoms with Gasteiger partial charge in [-0.25, -0.2) is 18.2 Å². The van der Waals surface area contributed by atoms with E-state index in [4.69, 9.17) is 11.5 Å². The molecule has 1 saturated heterocycles. The fraction of sp³-hybridized carbons (Fsp3) is 0.609. The molecule has 0 bridgehead atoms. The molecule has 0 radical (unpaired) electrons. The smallest absolute Gasteiger partial charge is 0.326 e. The van der Waals surface area contributed by atoms with Crippen molar-refractivity contribution < 1.29 is 23.1 Å². The third kappa shape index (κ3) is 6.74. The lowest BCUT2D eigenvalue weighted by Crippen LogP contribution is -2.56. The third-order valence-electron chi connectivity index (χ3n) is 6.76. The second-order valence-electron chi connectivity index (χ2n) is 9.87. The van der Waals surface area contributed by atoms with Crippen LogP contribution in [0.25, 0.3) is 0 Å². The first-order chi connectivity index (χ1) is 17.4. The highest BCUT2D eigenvalue weighted by Crippen LogP contribution is 2.36. The lowest BCUT2D eigenvalue weighted by atomic mass is 9.91. The van der Waals surface area contributed by atoms with Crippen LogP contribution < -0.4 is 21.2 Å². The van der Waals surface area contributed by atoms with Gasteiger partial charge in [0.25, 0.3) is 0 Å². The van der Waals surface area contributed by atoms with Crippen molar-refractivity contribution in [1.82, 2.24) is 9.62 Å². The number of hydrogen-bond donors (Lipinski definition) is 4. The Hall–Kier alpha value is -3.26. The molecule has 1 amide bonds. The molecular weight excluding hydrogens is 502 g/mol. The van der Waals surface area contributed by atoms with Gasteiger partial charge in [0.2, 0.25) is 15.9 Å². The Bertz CT molecular complexity index is 1150. The highest BCUT2D eigenvalue weighted by Gasteiger charge is 2.39. The minimum atomic E-state index is -4.32. The van der Waals surface area contributed by atoms with Crippen LogP contribution in [0, 0.1) is 16.7 Å². The average molecular weight is 538 g/mol. The van der Waals surface area contributed by atoms with Gasteiger partial charge in [0.1, 0.15) is 17.0 Å². The first kappa shape index (κ1) is 28.3. The van der Waals surface area contributed by atoms with Crippen molar-refractivity contribution in [3.8, 4) is 0 Å². The Morgan fingerprint density at radius 2 is 1.97 bits per heavy atom. The van der Waals surface area contributed by atoms with E-state index in [2.05, 4.69) is 15.0 Å². The highest BCUT2D eigenvalue weighted by atomic mass is 32.2. The minimum Gasteiger partial charge on any atom is -0.480 e. The molecule has 37 heavy (non-hydrogen) atoms. The molecule has 1 aromatic carbocycles. The number of benzene rings is 1. The molecule has 13 nitrogen and oxygen atoms in total. The SMILES string of the molecule is CC1Cc2cccc(S(=O)(=O)N[C@@H](CCCN=C(N)N)C(=O)N3CC[C@@H](C)C[C@@H]3C(=O)O)c2N(N=O)C1. The van der Waals surface area contributed by atoms with E-state index in [1.807, 2.05) is 13.8 Å². The molecule has 0 spiro atoms. The lowest BCUT2D eigenvalue weighted by molar-refractivity contribution is -0.153. The maximum atomic E-state index is 13.6. The van der Waals surface area contributed by atoms with E-state index in [1.165, 1.54) is 11.0 Å². The standard InChI is InChI=1S/C23H35N7O6S/c1-14-8-10-29(18(12-14)22(32)33)21(31)17(6-4-9-26-23(24)25)27-37(35,36)19-7-3-5-16-11-15(2)13-30(28-34)20(16)19/h3,5,7,14-15,17-18,27H,4,6,8-13H2,1-2H3,(H,32,33)(H4,24,25,26)/t14-,15?,17+,18-/m1/s1. The van der Waals surface area contributed by atoms with Crippen molar-refractivity contribution in [2.24, 2.45) is 33.6 Å². The largest absolute Gasteiger partial charge is 0.480 e. The summed E-state index contributed by atoms with van der Waals surface area (Å²) in [5.41, 5.74) is 11.6. The molecule has 2 aliphatic heterocycles. The summed E-state index contributed by atoms with van der Waals surface area (Å²) < 4.78 is 29.7. The Labute approximate surface area is 216 Å². The number of para-hydroxylation sites is 1. The molecule has 2 aliphatic rings. The van der Waals surface area contributed by atoms with Gasteiger partial charge in [-0.05, 0) is 55.6 Å². The number of nitrogens with two attached hydrogens (primary N) is 2. The molecule has 0 saturated carbocycles. The van der Waals surface area contributed by atoms with Crippen molar-refractivity contribution in [1.29, 1.82) is 0 Å². The van der Waals surface area contributed by atoms with Crippen LogP contribution in [0.4, 0.5) is 5.69 Å². The molecule has 4 atom stereocenters. The summed E-state index contributed by atoms with van der Waals surface area (Å²) in [5.74, 6) is -1.69. The number of nitroso groups, excluding NO2 is 1. The van der Waals surface area contributed by atoms with Crippen LogP contribution in [-0.2, 0) is 26.0 Å². The number of nitrogens with one attached hydrogen (secondary N) is 1. The van der Waals surface area contributed by atoms with Crippen LogP contribution in [-0.4, -0.2) is 68.0 Å². The maximum Gasteiger partial charge on any atom is 0.326 e. The molecule has 1 aromatic rings. The number of aliphatic imine (C=N–C) groups is 1. The second-order valence-corrected chi connectivity index (χ2v) is 11.6. The molecule has 14 heteroatoms. The van der Waals surface area contributed by atoms with Crippen LogP contribution in [0.15, 0.2) is 33.4 Å². The summed E-state index contributed by atoms with van der Waals surface area (Å²) in [4.78, 5) is 42.0. The Kier molecular flexibility index (Phi) is 9.07. The van der Waals surface area contributed by atoms with Gasteiger partial charge in [0.05, 0.1) is 11.0 Å². The number of fused-ring (bicyclic) bond motifs is 1. The molecule has 1 fully saturated rings. The summed E-state index contributed by atoms with van der Waals surface area (Å²) in [5, 5.41) is 13.9. The van der Waals surface area contributed by atoms with Crippen LogP contribution in [0.5, 0.6) is 0 Å². The van der Waals surface area contributed by atoms with Gasteiger partial charge < -0.3 is 21.5 Å². The first-order valence-electron chi connectivity index (χ1n) is 12.3. The number of carbonyl (C=O) groups is 2. The van der Waals surface area contributed by atoms with E-state index in [1.54, 1.807) is 12.1 Å². The van der Waals surface area contributed by atoms with Gasteiger partial charge in [0.15, 0.2) is 5.96 Å². The van der Waals surface area contributed by atoms with E-state index >= 15 is 0 Å². The Morgan fingerprint density at radius 1 is 1.24 bits per heavy atom. The van der Waals surface area contributed by atoms with Crippen LogP contribution in [0.1, 0.15) is 45.1 Å². The van der Waals surface area contributed by atoms with Crippen molar-refractivity contribution in [3.63, 3.8) is 0 Å². The number of carboxylic acids is 1. The number of piperidine rings is 1. The lowest BCUT2D eigenvalue weighted by Gasteiger charge is -2.38. The van der Waals surface area contributed by atoms with Gasteiger partial charge in [-0.2, -0.15) is 4.72 Å². The monoisotopic (exact) mass is 537 g/mol. The fourth-order valence-electron chi connectivity index (χ4n) is 4.97. The van der Waals surface area contributed by atoms with E-state index in [9.17, 15) is 28.0 Å². The second kappa shape index (κ2) is 11.9. The zero-order valence-corrected chi connectivity index (χ0v) is 21.9. The zero-order chi connectivity index (χ0) is 27.3. The number of sulfonamides is 1. The molecule has 0 aromatic heterocycles. The van der Waals surface area contributed by atoms with Crippen molar-refractivity contribution in [2.75, 3.05) is 24.6 Å². The molecule has 2 heterocycles. The van der Waals surface area contributed by atoms with Gasteiger partial charge >= 0.3 is 5.97 Å². The number of anilines is 1. The summed E-state index contributed by atoms with van der Waals surface area (Å²) in [6, 6.07) is 2.37. The van der Waals surface area contributed by atoms with Crippen LogP contribution >= 0.6 is 0 Å². The van der Waals surface area contributed by atoms with E-state index in [0.29, 0.717) is 18.4 Å². The number of amides is 1. The highest BCUT2D eigenvalue weighted by molar-refractivity contribution is 7.89. The van der Waals surface area contributed by atoms with Crippen molar-refractivity contribution >= 4 is 33.5 Å². The fourth-order valence-corrected chi connectivity index (χ4v) is 6.44. The first-order valence-corrected chi connectivity index (χ1v) is 13.8. The van der Waals surface area contributed by atoms with Gasteiger partial charge in [-0.1, -0.05) is 26.0 Å². The molecular formula is C23H35N7O6S. The van der Waals surface area contributed by atoms with Gasteiger partial charge in [-0.15, -0.1) is 4.91 Å². The normalized spacial score (nSPS) is 22.6. The topological polar surface area (TPSA) is 201 Å². The number of hydrogen-bond acceptors (Lipinski definition) is 7. The summed E-state index contributed by atoms with van der Waals surface area (Å²) in [6.45, 7) is 4.47. The predicted octanol–water partition coefficient (Wildman–Crippen LogP) is 0.779. The molecule has 3 rings (SSSR count). The van der Waals surface area contributed by atoms with Crippen LogP contribution in [0.2, 0.25) is 0 Å².